The van der Waals surface area contributed by atoms with Crippen molar-refractivity contribution < 1.29 is 24.0 Å². The molecule has 0 aromatic carbocycles. The van der Waals surface area contributed by atoms with Crippen LogP contribution in [0.3, 0.4) is 0 Å². The maximum Gasteiger partial charge on any atom is 0.374 e. The van der Waals surface area contributed by atoms with Gasteiger partial charge < -0.3 is 19.8 Å². The van der Waals surface area contributed by atoms with Crippen molar-refractivity contribution in [3.63, 3.8) is 0 Å². The third-order valence-electron chi connectivity index (χ3n) is 3.34. The summed E-state index contributed by atoms with van der Waals surface area (Å²) in [4.78, 5) is 35.8. The predicted molar refractivity (Wildman–Crippen MR) is 66.2 cm³/mol. The summed E-state index contributed by atoms with van der Waals surface area (Å²) >= 11 is 0. The van der Waals surface area contributed by atoms with E-state index in [1.807, 2.05) is 0 Å². The normalized spacial score (nSPS) is 15.9. The fourth-order valence-electron chi connectivity index (χ4n) is 2.19. The van der Waals surface area contributed by atoms with E-state index >= 15 is 0 Å². The van der Waals surface area contributed by atoms with Crippen molar-refractivity contribution in [2.24, 2.45) is 5.92 Å². The molecule has 0 radical (unpaired) electrons. The summed E-state index contributed by atoms with van der Waals surface area (Å²) in [7, 11) is 1.59. The van der Waals surface area contributed by atoms with Crippen LogP contribution in [-0.2, 0) is 4.79 Å². The van der Waals surface area contributed by atoms with Gasteiger partial charge in [0.15, 0.2) is 5.69 Å². The number of nitrogens with one attached hydrogen (secondary N) is 1. The monoisotopic (exact) mass is 281 g/mol. The summed E-state index contributed by atoms with van der Waals surface area (Å²) in [5.74, 6) is -2.12. The molecule has 1 aliphatic rings. The van der Waals surface area contributed by atoms with E-state index in [4.69, 9.17) is 5.11 Å². The van der Waals surface area contributed by atoms with Crippen molar-refractivity contribution in [2.75, 3.05) is 20.1 Å². The Morgan fingerprint density at radius 2 is 2.05 bits per heavy atom. The topological polar surface area (TPSA) is 113 Å². The quantitative estimate of drug-likeness (QED) is 0.804. The first-order valence-electron chi connectivity index (χ1n) is 6.23. The zero-order valence-corrected chi connectivity index (χ0v) is 11.0. The molecule has 2 N–H and O–H groups in total. The molecule has 0 aliphatic carbocycles. The van der Waals surface area contributed by atoms with Gasteiger partial charge in [-0.05, 0) is 12.8 Å². The highest BCUT2D eigenvalue weighted by atomic mass is 16.5. The van der Waals surface area contributed by atoms with Crippen molar-refractivity contribution >= 4 is 17.8 Å². The highest BCUT2D eigenvalue weighted by molar-refractivity contribution is 5.95. The van der Waals surface area contributed by atoms with E-state index in [2.05, 4.69) is 15.0 Å². The van der Waals surface area contributed by atoms with Crippen LogP contribution in [0.2, 0.25) is 0 Å². The fourth-order valence-corrected chi connectivity index (χ4v) is 2.19. The predicted octanol–water partition coefficient (Wildman–Crippen LogP) is -0.0290. The molecule has 1 fully saturated rings. The van der Waals surface area contributed by atoms with E-state index in [9.17, 15) is 14.4 Å². The molecule has 0 saturated carbocycles. The maximum atomic E-state index is 12.1. The van der Waals surface area contributed by atoms with E-state index in [0.29, 0.717) is 25.9 Å². The Morgan fingerprint density at radius 3 is 2.55 bits per heavy atom. The summed E-state index contributed by atoms with van der Waals surface area (Å²) in [5.41, 5.74) is -0.0270. The highest BCUT2D eigenvalue weighted by Crippen LogP contribution is 2.19. The van der Waals surface area contributed by atoms with Gasteiger partial charge >= 0.3 is 5.97 Å². The molecular formula is C12H15N3O5. The van der Waals surface area contributed by atoms with Crippen molar-refractivity contribution in [3.05, 3.63) is 17.5 Å². The molecule has 2 amide bonds. The number of carboxylic acids is 1. The van der Waals surface area contributed by atoms with Crippen LogP contribution < -0.4 is 5.32 Å². The van der Waals surface area contributed by atoms with E-state index in [-0.39, 0.29) is 29.2 Å². The van der Waals surface area contributed by atoms with Gasteiger partial charge in [0.2, 0.25) is 11.7 Å². The first-order chi connectivity index (χ1) is 9.52. The van der Waals surface area contributed by atoms with Crippen molar-refractivity contribution in [2.45, 2.75) is 12.8 Å². The second-order valence-corrected chi connectivity index (χ2v) is 4.56. The second-order valence-electron chi connectivity index (χ2n) is 4.56. The number of rotatable bonds is 3. The lowest BCUT2D eigenvalue weighted by molar-refractivity contribution is -0.125. The minimum atomic E-state index is -1.27. The van der Waals surface area contributed by atoms with Crippen LogP contribution in [0, 0.1) is 5.92 Å². The molecule has 2 heterocycles. The Kier molecular flexibility index (Phi) is 4.02. The third kappa shape index (κ3) is 2.79. The highest BCUT2D eigenvalue weighted by Gasteiger charge is 2.29. The Bertz CT molecular complexity index is 531. The largest absolute Gasteiger partial charge is 0.475 e. The number of hydrogen-bond donors (Lipinski definition) is 2. The van der Waals surface area contributed by atoms with Crippen LogP contribution in [-0.4, -0.2) is 53.1 Å². The lowest BCUT2D eigenvalue weighted by atomic mass is 9.96. The molecule has 0 bridgehead atoms. The molecule has 2 rings (SSSR count). The number of hydrogen-bond acceptors (Lipinski definition) is 5. The molecule has 1 saturated heterocycles. The molecule has 20 heavy (non-hydrogen) atoms. The van der Waals surface area contributed by atoms with Gasteiger partial charge in [-0.1, -0.05) is 5.16 Å². The van der Waals surface area contributed by atoms with Gasteiger partial charge in [-0.15, -0.1) is 0 Å². The van der Waals surface area contributed by atoms with Gasteiger partial charge in [-0.3, -0.25) is 9.59 Å². The molecule has 108 valence electrons. The molecule has 1 aromatic heterocycles. The van der Waals surface area contributed by atoms with E-state index in [0.717, 1.165) is 6.07 Å². The van der Waals surface area contributed by atoms with Crippen LogP contribution in [0.15, 0.2) is 10.6 Å². The third-order valence-corrected chi connectivity index (χ3v) is 3.34. The number of aromatic nitrogens is 1. The summed E-state index contributed by atoms with van der Waals surface area (Å²) < 4.78 is 4.55. The van der Waals surface area contributed by atoms with Gasteiger partial charge in [-0.25, -0.2) is 4.79 Å². The number of carboxylic acid groups (broad SMARTS) is 1. The summed E-state index contributed by atoms with van der Waals surface area (Å²) in [6, 6.07) is 1.11. The van der Waals surface area contributed by atoms with Crippen LogP contribution in [0.5, 0.6) is 0 Å². The summed E-state index contributed by atoms with van der Waals surface area (Å²) in [6.45, 7) is 0.873. The smallest absolute Gasteiger partial charge is 0.374 e. The Labute approximate surface area is 114 Å². The lowest BCUT2D eigenvalue weighted by Gasteiger charge is -2.30. The van der Waals surface area contributed by atoms with Crippen LogP contribution in [0.25, 0.3) is 0 Å². The van der Waals surface area contributed by atoms with Gasteiger partial charge in [0.25, 0.3) is 5.91 Å². The molecule has 8 nitrogen and oxygen atoms in total. The van der Waals surface area contributed by atoms with Gasteiger partial charge in [0, 0.05) is 32.1 Å². The number of aromatic carboxylic acids is 1. The molecule has 0 atom stereocenters. The minimum absolute atomic E-state index is 0.0216. The number of carbonyl (C=O) groups is 3. The number of likely N-dealkylation sites (tertiary alicyclic amines) is 1. The summed E-state index contributed by atoms with van der Waals surface area (Å²) in [6.07, 6.45) is 1.16. The standard InChI is InChI=1S/C12H15N3O5/c1-13-10(16)7-2-4-15(5-3-7)11(17)8-6-9(12(18)19)20-14-8/h6-7H,2-5H2,1H3,(H,13,16)(H,18,19). The molecule has 0 spiro atoms. The lowest BCUT2D eigenvalue weighted by Crippen LogP contribution is -2.42. The zero-order chi connectivity index (χ0) is 14.7. The van der Waals surface area contributed by atoms with Crippen molar-refractivity contribution in [1.82, 2.24) is 15.4 Å². The first-order valence-corrected chi connectivity index (χ1v) is 6.23. The van der Waals surface area contributed by atoms with Crippen molar-refractivity contribution in [1.29, 1.82) is 0 Å². The van der Waals surface area contributed by atoms with E-state index in [1.54, 1.807) is 11.9 Å². The maximum absolute atomic E-state index is 12.1. The minimum Gasteiger partial charge on any atom is -0.475 e. The SMILES string of the molecule is CNC(=O)C1CCN(C(=O)c2cc(C(=O)O)on2)CC1. The summed E-state index contributed by atoms with van der Waals surface area (Å²) in [5, 5.41) is 14.8. The van der Waals surface area contributed by atoms with E-state index < -0.39 is 5.97 Å². The number of carbonyl (C=O) groups excluding carboxylic acids is 2. The van der Waals surface area contributed by atoms with E-state index in [1.165, 1.54) is 0 Å². The average Bonchev–Trinajstić information content (AvgIpc) is 2.96. The second kappa shape index (κ2) is 5.72. The number of piperidine rings is 1. The number of nitrogens with zero attached hydrogens (tertiary/aromatic N) is 2. The van der Waals surface area contributed by atoms with Gasteiger partial charge in [0.1, 0.15) is 0 Å². The Hall–Kier alpha value is -2.38. The van der Waals surface area contributed by atoms with Crippen LogP contribution in [0.4, 0.5) is 0 Å². The molecule has 1 aliphatic heterocycles. The molecule has 0 unspecified atom stereocenters. The van der Waals surface area contributed by atoms with Crippen LogP contribution >= 0.6 is 0 Å². The average molecular weight is 281 g/mol. The Balaban J connectivity index is 1.97. The first kappa shape index (κ1) is 14.0. The molecule has 8 heteroatoms. The Morgan fingerprint density at radius 1 is 1.40 bits per heavy atom. The molecular weight excluding hydrogens is 266 g/mol. The zero-order valence-electron chi connectivity index (χ0n) is 11.0. The van der Waals surface area contributed by atoms with Crippen LogP contribution in [0.1, 0.15) is 33.9 Å². The van der Waals surface area contributed by atoms with Crippen molar-refractivity contribution in [3.8, 4) is 0 Å². The van der Waals surface area contributed by atoms with Gasteiger partial charge in [0.05, 0.1) is 0 Å². The van der Waals surface area contributed by atoms with Gasteiger partial charge in [-0.2, -0.15) is 0 Å². The number of amides is 2. The fraction of sp³-hybridized carbons (Fsp3) is 0.500. The molecule has 1 aromatic rings.